The average Bonchev–Trinajstić information content (AvgIpc) is 2.79. The molecule has 0 amide bonds. The first kappa shape index (κ1) is 10.4. The van der Waals surface area contributed by atoms with Crippen LogP contribution in [0.2, 0.25) is 0 Å². The minimum atomic E-state index is 0.220. The Morgan fingerprint density at radius 3 is 3.27 bits per heavy atom. The maximum absolute atomic E-state index is 5.60. The van der Waals surface area contributed by atoms with Gasteiger partial charge < -0.3 is 15.2 Å². The third kappa shape index (κ3) is 2.67. The molecule has 0 bridgehead atoms. The molecule has 2 rings (SSSR count). The number of nitrogens with two attached hydrogens (primary N) is 1. The minimum Gasteiger partial charge on any atom is -0.475 e. The van der Waals surface area contributed by atoms with E-state index in [1.807, 2.05) is 12.1 Å². The second-order valence-electron chi connectivity index (χ2n) is 3.62. The predicted octanol–water partition coefficient (Wildman–Crippen LogP) is 1.10. The van der Waals surface area contributed by atoms with Gasteiger partial charge in [-0.15, -0.1) is 0 Å². The normalized spacial score (nSPS) is 20.5. The highest BCUT2D eigenvalue weighted by molar-refractivity contribution is 5.24. The lowest BCUT2D eigenvalue weighted by Gasteiger charge is -2.12. The van der Waals surface area contributed by atoms with Crippen molar-refractivity contribution in [3.8, 4) is 5.88 Å². The van der Waals surface area contributed by atoms with Gasteiger partial charge in [-0.05, 0) is 18.9 Å². The molecule has 82 valence electrons. The van der Waals surface area contributed by atoms with E-state index in [-0.39, 0.29) is 6.10 Å². The van der Waals surface area contributed by atoms with E-state index in [2.05, 4.69) is 4.98 Å². The molecule has 1 aliphatic rings. The van der Waals surface area contributed by atoms with Crippen molar-refractivity contribution in [1.29, 1.82) is 0 Å². The zero-order valence-corrected chi connectivity index (χ0v) is 8.69. The highest BCUT2D eigenvalue weighted by Crippen LogP contribution is 2.17. The van der Waals surface area contributed by atoms with E-state index in [4.69, 9.17) is 15.2 Å². The van der Waals surface area contributed by atoms with Crippen molar-refractivity contribution < 1.29 is 9.47 Å². The summed E-state index contributed by atoms with van der Waals surface area (Å²) < 4.78 is 11.1. The molecule has 2 N–H and O–H groups in total. The Kier molecular flexibility index (Phi) is 3.53. The Morgan fingerprint density at radius 1 is 1.60 bits per heavy atom. The van der Waals surface area contributed by atoms with Crippen molar-refractivity contribution in [2.45, 2.75) is 25.5 Å². The average molecular weight is 208 g/mol. The Bertz CT molecular complexity index is 311. The second kappa shape index (κ2) is 5.09. The zero-order chi connectivity index (χ0) is 10.5. The van der Waals surface area contributed by atoms with E-state index in [1.165, 1.54) is 0 Å². The number of pyridine rings is 1. The molecule has 1 aliphatic heterocycles. The lowest BCUT2D eigenvalue weighted by molar-refractivity contribution is 0.0660. The molecule has 1 fully saturated rings. The van der Waals surface area contributed by atoms with Crippen LogP contribution in [0.25, 0.3) is 0 Å². The largest absolute Gasteiger partial charge is 0.475 e. The SMILES string of the molecule is NCc1cccnc1OC[C@H]1CCCO1. The Morgan fingerprint density at radius 2 is 2.53 bits per heavy atom. The summed E-state index contributed by atoms with van der Waals surface area (Å²) >= 11 is 0. The fourth-order valence-corrected chi connectivity index (χ4v) is 1.66. The van der Waals surface area contributed by atoms with Crippen LogP contribution in [0.5, 0.6) is 5.88 Å². The van der Waals surface area contributed by atoms with Gasteiger partial charge in [0.2, 0.25) is 5.88 Å². The van der Waals surface area contributed by atoms with Crippen molar-refractivity contribution in [3.05, 3.63) is 23.9 Å². The van der Waals surface area contributed by atoms with E-state index >= 15 is 0 Å². The predicted molar refractivity (Wildman–Crippen MR) is 56.6 cm³/mol. The van der Waals surface area contributed by atoms with Gasteiger partial charge in [-0.25, -0.2) is 4.98 Å². The van der Waals surface area contributed by atoms with E-state index < -0.39 is 0 Å². The quantitative estimate of drug-likeness (QED) is 0.805. The molecular formula is C11H16N2O2. The first-order valence-electron chi connectivity index (χ1n) is 5.28. The molecule has 2 heterocycles. The van der Waals surface area contributed by atoms with Crippen LogP contribution in [0, 0.1) is 0 Å². The van der Waals surface area contributed by atoms with Crippen molar-refractivity contribution in [1.82, 2.24) is 4.98 Å². The van der Waals surface area contributed by atoms with Gasteiger partial charge in [0.15, 0.2) is 0 Å². The first-order valence-corrected chi connectivity index (χ1v) is 5.28. The van der Waals surface area contributed by atoms with Crippen LogP contribution in [0.3, 0.4) is 0 Å². The van der Waals surface area contributed by atoms with Gasteiger partial charge in [0.05, 0.1) is 6.10 Å². The van der Waals surface area contributed by atoms with Crippen LogP contribution in [0.1, 0.15) is 18.4 Å². The topological polar surface area (TPSA) is 57.4 Å². The molecule has 1 saturated heterocycles. The summed E-state index contributed by atoms with van der Waals surface area (Å²) in [5, 5.41) is 0. The standard InChI is InChI=1S/C11H16N2O2/c12-7-9-3-1-5-13-11(9)15-8-10-4-2-6-14-10/h1,3,5,10H,2,4,6-8,12H2/t10-/m1/s1. The van der Waals surface area contributed by atoms with Gasteiger partial charge in [0, 0.05) is 24.9 Å². The lowest BCUT2D eigenvalue weighted by atomic mass is 10.2. The van der Waals surface area contributed by atoms with Gasteiger partial charge in [-0.1, -0.05) is 6.07 Å². The maximum atomic E-state index is 5.60. The summed E-state index contributed by atoms with van der Waals surface area (Å²) in [6.07, 6.45) is 4.13. The van der Waals surface area contributed by atoms with E-state index in [9.17, 15) is 0 Å². The van der Waals surface area contributed by atoms with Gasteiger partial charge in [-0.3, -0.25) is 0 Å². The number of nitrogens with zero attached hydrogens (tertiary/aromatic N) is 1. The molecule has 15 heavy (non-hydrogen) atoms. The second-order valence-corrected chi connectivity index (χ2v) is 3.62. The molecule has 0 aliphatic carbocycles. The van der Waals surface area contributed by atoms with Crippen LogP contribution in [0.4, 0.5) is 0 Å². The first-order chi connectivity index (χ1) is 7.40. The zero-order valence-electron chi connectivity index (χ0n) is 8.69. The molecule has 4 heteroatoms. The van der Waals surface area contributed by atoms with E-state index in [1.54, 1.807) is 6.20 Å². The molecule has 4 nitrogen and oxygen atoms in total. The van der Waals surface area contributed by atoms with Crippen molar-refractivity contribution in [2.75, 3.05) is 13.2 Å². The van der Waals surface area contributed by atoms with Gasteiger partial charge in [-0.2, -0.15) is 0 Å². The van der Waals surface area contributed by atoms with Gasteiger partial charge >= 0.3 is 0 Å². The van der Waals surface area contributed by atoms with Crippen molar-refractivity contribution in [2.24, 2.45) is 5.73 Å². The van der Waals surface area contributed by atoms with Gasteiger partial charge in [0.25, 0.3) is 0 Å². The Hall–Kier alpha value is -1.13. The molecule has 0 spiro atoms. The van der Waals surface area contributed by atoms with Crippen molar-refractivity contribution in [3.63, 3.8) is 0 Å². The Balaban J connectivity index is 1.91. The number of rotatable bonds is 4. The van der Waals surface area contributed by atoms with E-state index in [0.29, 0.717) is 19.0 Å². The number of aromatic nitrogens is 1. The highest BCUT2D eigenvalue weighted by atomic mass is 16.5. The fourth-order valence-electron chi connectivity index (χ4n) is 1.66. The smallest absolute Gasteiger partial charge is 0.217 e. The minimum absolute atomic E-state index is 0.220. The lowest BCUT2D eigenvalue weighted by Crippen LogP contribution is -2.17. The fraction of sp³-hybridized carbons (Fsp3) is 0.545. The van der Waals surface area contributed by atoms with Crippen LogP contribution in [-0.4, -0.2) is 24.3 Å². The highest BCUT2D eigenvalue weighted by Gasteiger charge is 2.16. The summed E-state index contributed by atoms with van der Waals surface area (Å²) in [6.45, 7) is 1.87. The molecule has 0 unspecified atom stereocenters. The number of ether oxygens (including phenoxy) is 2. The van der Waals surface area contributed by atoms with Crippen LogP contribution in [-0.2, 0) is 11.3 Å². The van der Waals surface area contributed by atoms with E-state index in [0.717, 1.165) is 25.0 Å². The molecular weight excluding hydrogens is 192 g/mol. The molecule has 1 atom stereocenters. The summed E-state index contributed by atoms with van der Waals surface area (Å²) in [5.74, 6) is 0.635. The molecule has 1 aromatic rings. The number of hydrogen-bond acceptors (Lipinski definition) is 4. The van der Waals surface area contributed by atoms with Crippen molar-refractivity contribution >= 4 is 0 Å². The third-order valence-corrected chi connectivity index (χ3v) is 2.50. The molecule has 1 aromatic heterocycles. The van der Waals surface area contributed by atoms with Crippen LogP contribution < -0.4 is 10.5 Å². The summed E-state index contributed by atoms with van der Waals surface area (Å²) in [7, 11) is 0. The Labute approximate surface area is 89.4 Å². The number of hydrogen-bond donors (Lipinski definition) is 1. The summed E-state index contributed by atoms with van der Waals surface area (Å²) in [4.78, 5) is 4.15. The van der Waals surface area contributed by atoms with Crippen LogP contribution >= 0.6 is 0 Å². The molecule has 0 radical (unpaired) electrons. The van der Waals surface area contributed by atoms with Gasteiger partial charge in [0.1, 0.15) is 6.61 Å². The summed E-state index contributed by atoms with van der Waals surface area (Å²) in [5.41, 5.74) is 6.52. The van der Waals surface area contributed by atoms with Crippen LogP contribution in [0.15, 0.2) is 18.3 Å². The molecule has 0 saturated carbocycles. The summed E-state index contributed by atoms with van der Waals surface area (Å²) in [6, 6.07) is 3.79. The monoisotopic (exact) mass is 208 g/mol. The molecule has 0 aromatic carbocycles. The maximum Gasteiger partial charge on any atom is 0.217 e. The third-order valence-electron chi connectivity index (χ3n) is 2.50.